The van der Waals surface area contributed by atoms with Gasteiger partial charge in [-0.05, 0) is 76.8 Å². The van der Waals surface area contributed by atoms with Gasteiger partial charge < -0.3 is 34.5 Å². The summed E-state index contributed by atoms with van der Waals surface area (Å²) in [6, 6.07) is 3.76. The van der Waals surface area contributed by atoms with Crippen LogP contribution < -0.4 is 29.6 Å². The molecule has 0 bridgehead atoms. The molecule has 4 fully saturated rings. The van der Waals surface area contributed by atoms with Gasteiger partial charge in [-0.15, -0.1) is 0 Å². The maximum absolute atomic E-state index is 14.4. The molecule has 308 valence electrons. The Morgan fingerprint density at radius 3 is 2.43 bits per heavy atom. The van der Waals surface area contributed by atoms with Crippen molar-refractivity contribution in [2.45, 2.75) is 127 Å². The molecule has 1 aromatic carbocycles. The molecular formula is C39H56N6O10S. The highest BCUT2D eigenvalue weighted by molar-refractivity contribution is 7.87. The third-order valence-corrected chi connectivity index (χ3v) is 13.0. The molecule has 2 saturated heterocycles. The minimum Gasteiger partial charge on any atom is -0.496 e. The number of rotatable bonds is 10. The van der Waals surface area contributed by atoms with Crippen molar-refractivity contribution in [3.63, 3.8) is 0 Å². The van der Waals surface area contributed by atoms with Gasteiger partial charge in [-0.3, -0.25) is 14.4 Å². The monoisotopic (exact) mass is 800 g/mol. The Morgan fingerprint density at radius 1 is 1.02 bits per heavy atom. The maximum Gasteiger partial charge on any atom is 0.407 e. The third kappa shape index (κ3) is 9.25. The van der Waals surface area contributed by atoms with Gasteiger partial charge in [-0.1, -0.05) is 25.7 Å². The molecule has 17 heteroatoms. The number of fused-ring (bicyclic) bond motifs is 3. The topological polar surface area (TPSA) is 195 Å². The summed E-state index contributed by atoms with van der Waals surface area (Å²) in [5, 5.41) is 6.55. The van der Waals surface area contributed by atoms with E-state index < -0.39 is 51.8 Å². The number of nitrogens with zero attached hydrogens (tertiary/aromatic N) is 3. The number of ether oxygens (including phenoxy) is 4. The Morgan fingerprint density at radius 2 is 1.73 bits per heavy atom. The number of pyridine rings is 1. The molecule has 56 heavy (non-hydrogen) atoms. The second-order valence-corrected chi connectivity index (χ2v) is 17.5. The van der Waals surface area contributed by atoms with Crippen LogP contribution in [0.25, 0.3) is 10.9 Å². The van der Waals surface area contributed by atoms with E-state index in [0.717, 1.165) is 61.2 Å². The average Bonchev–Trinajstić information content (AvgIpc) is 3.41. The molecule has 16 nitrogen and oxygen atoms in total. The van der Waals surface area contributed by atoms with Gasteiger partial charge in [0, 0.05) is 50.0 Å². The Hall–Kier alpha value is -4.38. The molecule has 4 aliphatic rings. The number of carbonyl (C=O) groups excluding carboxylic acids is 4. The Kier molecular flexibility index (Phi) is 12.8. The van der Waals surface area contributed by atoms with E-state index in [1.54, 1.807) is 13.2 Å². The number of benzene rings is 1. The quantitative estimate of drug-likeness (QED) is 0.316. The third-order valence-electron chi connectivity index (χ3n) is 11.5. The van der Waals surface area contributed by atoms with Crippen LogP contribution in [0.3, 0.4) is 0 Å². The van der Waals surface area contributed by atoms with Crippen molar-refractivity contribution in [3.8, 4) is 17.4 Å². The average molecular weight is 801 g/mol. The summed E-state index contributed by atoms with van der Waals surface area (Å²) in [7, 11) is 0.0657. The number of carbonyl (C=O) groups is 4. The van der Waals surface area contributed by atoms with Crippen LogP contribution >= 0.6 is 0 Å². The van der Waals surface area contributed by atoms with E-state index in [4.69, 9.17) is 18.9 Å². The van der Waals surface area contributed by atoms with Crippen molar-refractivity contribution in [2.75, 3.05) is 34.4 Å². The fraction of sp³-hybridized carbons (Fsp3) is 0.667. The van der Waals surface area contributed by atoms with Gasteiger partial charge in [-0.25, -0.2) is 14.5 Å². The second-order valence-electron chi connectivity index (χ2n) is 15.6. The van der Waals surface area contributed by atoms with Crippen LogP contribution in [0.4, 0.5) is 4.79 Å². The normalized spacial score (nSPS) is 26.4. The number of hydrogen-bond donors (Lipinski definition) is 3. The molecule has 1 aromatic heterocycles. The summed E-state index contributed by atoms with van der Waals surface area (Å²) < 4.78 is 52.1. The lowest BCUT2D eigenvalue weighted by Crippen LogP contribution is -2.57. The maximum atomic E-state index is 14.4. The molecule has 0 radical (unpaired) electrons. The zero-order chi connectivity index (χ0) is 40.2. The minimum atomic E-state index is -4.14. The summed E-state index contributed by atoms with van der Waals surface area (Å²) >= 11 is 0. The zero-order valence-electron chi connectivity index (χ0n) is 33.1. The number of alkyl carbamates (subject to hydrolysis) is 1. The molecule has 3 N–H and O–H groups in total. The van der Waals surface area contributed by atoms with Gasteiger partial charge in [0.15, 0.2) is 0 Å². The SMILES string of the molecule is CCOc1cc(O[C@@H]2C[C@H]3C(=O)N[C@]4(C(=O)NS(=O)(=O)N(C)C)C[C@@H]4CCCCCC[C@H](NC(=O)OC4CCCC4)CC(=O)N3C2)c2ccc(OC)c(C)c2n1. The lowest BCUT2D eigenvalue weighted by atomic mass is 10.0. The lowest BCUT2D eigenvalue weighted by Gasteiger charge is -2.28. The largest absolute Gasteiger partial charge is 0.496 e. The lowest BCUT2D eigenvalue weighted by molar-refractivity contribution is -0.140. The molecule has 2 aromatic rings. The number of methoxy groups -OCH3 is 1. The molecule has 2 aliphatic carbocycles. The van der Waals surface area contributed by atoms with Gasteiger partial charge >= 0.3 is 16.3 Å². The molecule has 5 atom stereocenters. The van der Waals surface area contributed by atoms with E-state index in [1.165, 1.54) is 19.0 Å². The van der Waals surface area contributed by atoms with E-state index in [1.807, 2.05) is 26.0 Å². The Labute approximate surface area is 328 Å². The van der Waals surface area contributed by atoms with E-state index in [9.17, 15) is 27.6 Å². The molecule has 4 amide bonds. The summed E-state index contributed by atoms with van der Waals surface area (Å²) in [4.78, 5) is 61.6. The molecule has 0 spiro atoms. The Balaban J connectivity index is 1.30. The van der Waals surface area contributed by atoms with Crippen LogP contribution in [0.5, 0.6) is 17.4 Å². The standard InChI is InChI=1S/C39H56N6O10S/c1-6-53-33-21-32(29-17-18-31(52-5)24(2)35(29)41-33)54-28-20-30-36(47)42-39(37(48)43-56(50,51)44(3)4)22-25(39)13-9-7-8-10-14-26(19-34(46)45(30)23-28)40-38(49)55-27-15-11-12-16-27/h17-18,21,25-28,30H,6-16,19-20,22-23H2,1-5H3,(H,40,49)(H,42,47)(H,43,48)/t25-,26-,28+,30-,39+/m0/s1. The highest BCUT2D eigenvalue weighted by Crippen LogP contribution is 2.48. The minimum absolute atomic E-state index is 0.0384. The number of hydrogen-bond acceptors (Lipinski definition) is 11. The van der Waals surface area contributed by atoms with Crippen LogP contribution in [-0.2, 0) is 29.3 Å². The van der Waals surface area contributed by atoms with Crippen LogP contribution in [-0.4, -0.2) is 111 Å². The summed E-state index contributed by atoms with van der Waals surface area (Å²) in [6.45, 7) is 4.14. The van der Waals surface area contributed by atoms with Gasteiger partial charge in [0.1, 0.15) is 35.3 Å². The Bertz CT molecular complexity index is 1900. The van der Waals surface area contributed by atoms with Crippen molar-refractivity contribution in [1.29, 1.82) is 0 Å². The highest BCUT2D eigenvalue weighted by atomic mass is 32.2. The fourth-order valence-corrected chi connectivity index (χ4v) is 8.90. The first kappa shape index (κ1) is 41.3. The number of amides is 4. The van der Waals surface area contributed by atoms with Crippen molar-refractivity contribution >= 4 is 44.9 Å². The van der Waals surface area contributed by atoms with Crippen molar-refractivity contribution < 1.29 is 46.5 Å². The molecule has 0 unspecified atom stereocenters. The second kappa shape index (κ2) is 17.4. The number of aromatic nitrogens is 1. The first-order valence-corrected chi connectivity index (χ1v) is 21.3. The van der Waals surface area contributed by atoms with Crippen molar-refractivity contribution in [3.05, 3.63) is 23.8 Å². The molecule has 2 saturated carbocycles. The molecule has 3 heterocycles. The number of nitrogens with one attached hydrogen (secondary N) is 3. The van der Waals surface area contributed by atoms with Crippen LogP contribution in [0.15, 0.2) is 18.2 Å². The fourth-order valence-electron chi connectivity index (χ4n) is 8.30. The van der Waals surface area contributed by atoms with E-state index >= 15 is 0 Å². The zero-order valence-corrected chi connectivity index (χ0v) is 33.9. The van der Waals surface area contributed by atoms with Crippen LogP contribution in [0.1, 0.15) is 96.0 Å². The predicted octanol–water partition coefficient (Wildman–Crippen LogP) is 3.88. The predicted molar refractivity (Wildman–Crippen MR) is 206 cm³/mol. The van der Waals surface area contributed by atoms with Crippen LogP contribution in [0.2, 0.25) is 0 Å². The smallest absolute Gasteiger partial charge is 0.407 e. The first-order chi connectivity index (χ1) is 26.7. The molecular weight excluding hydrogens is 745 g/mol. The highest BCUT2D eigenvalue weighted by Gasteiger charge is 2.62. The molecule has 2 aliphatic heterocycles. The van der Waals surface area contributed by atoms with E-state index in [-0.39, 0.29) is 43.7 Å². The van der Waals surface area contributed by atoms with Crippen molar-refractivity contribution in [1.82, 2.24) is 29.5 Å². The van der Waals surface area contributed by atoms with Crippen LogP contribution in [0, 0.1) is 12.8 Å². The first-order valence-electron chi connectivity index (χ1n) is 19.9. The summed E-state index contributed by atoms with van der Waals surface area (Å²) in [5.74, 6) is -0.610. The van der Waals surface area contributed by atoms with Gasteiger partial charge in [-0.2, -0.15) is 12.7 Å². The van der Waals surface area contributed by atoms with Gasteiger partial charge in [0.05, 0.1) is 25.8 Å². The van der Waals surface area contributed by atoms with Crippen molar-refractivity contribution in [2.24, 2.45) is 5.92 Å². The summed E-state index contributed by atoms with van der Waals surface area (Å²) in [5.41, 5.74) is -0.0496. The van der Waals surface area contributed by atoms with E-state index in [0.29, 0.717) is 47.7 Å². The van der Waals surface area contributed by atoms with E-state index in [2.05, 4.69) is 20.3 Å². The summed E-state index contributed by atoms with van der Waals surface area (Å²) in [6.07, 6.45) is 6.89. The van der Waals surface area contributed by atoms with Gasteiger partial charge in [0.2, 0.25) is 17.7 Å². The number of aryl methyl sites for hydroxylation is 1. The van der Waals surface area contributed by atoms with Gasteiger partial charge in [0.25, 0.3) is 5.91 Å². The molecule has 6 rings (SSSR count).